The molecule has 1 saturated heterocycles. The van der Waals surface area contributed by atoms with E-state index in [1.165, 1.54) is 16.6 Å². The predicted molar refractivity (Wildman–Crippen MR) is 122 cm³/mol. The van der Waals surface area contributed by atoms with Gasteiger partial charge >= 0.3 is 0 Å². The van der Waals surface area contributed by atoms with E-state index in [1.54, 1.807) is 49.2 Å². The molecule has 2 amide bonds. The Morgan fingerprint density at radius 1 is 1.16 bits per heavy atom. The molecule has 8 nitrogen and oxygen atoms in total. The molecule has 1 aliphatic heterocycles. The summed E-state index contributed by atoms with van der Waals surface area (Å²) in [6, 6.07) is 8.13. The van der Waals surface area contributed by atoms with Gasteiger partial charge in [-0.25, -0.2) is 8.42 Å². The Kier molecular flexibility index (Phi) is 7.63. The first-order valence-electron chi connectivity index (χ1n) is 10.9. The van der Waals surface area contributed by atoms with Crippen LogP contribution in [0.5, 0.6) is 0 Å². The van der Waals surface area contributed by atoms with Crippen LogP contribution in [0.3, 0.4) is 0 Å². The summed E-state index contributed by atoms with van der Waals surface area (Å²) in [7, 11) is -3.64. The van der Waals surface area contributed by atoms with Crippen LogP contribution >= 0.6 is 0 Å². The van der Waals surface area contributed by atoms with Crippen molar-refractivity contribution in [1.29, 1.82) is 0 Å². The van der Waals surface area contributed by atoms with Gasteiger partial charge in [-0.05, 0) is 49.6 Å². The second-order valence-electron chi connectivity index (χ2n) is 7.85. The third-order valence-electron chi connectivity index (χ3n) is 5.82. The fourth-order valence-electron chi connectivity index (χ4n) is 3.87. The Bertz CT molecular complexity index is 1060. The fourth-order valence-corrected chi connectivity index (χ4v) is 5.35. The van der Waals surface area contributed by atoms with Gasteiger partial charge in [0.05, 0.1) is 10.5 Å². The number of aromatic nitrogens is 1. The molecule has 0 unspecified atom stereocenters. The molecule has 2 heterocycles. The minimum atomic E-state index is -3.64. The topological polar surface area (TPSA) is 99.7 Å². The molecule has 0 radical (unpaired) electrons. The first-order chi connectivity index (χ1) is 15.3. The second-order valence-corrected chi connectivity index (χ2v) is 9.79. The first-order valence-corrected chi connectivity index (χ1v) is 12.3. The van der Waals surface area contributed by atoms with Crippen LogP contribution in [0.1, 0.15) is 53.0 Å². The van der Waals surface area contributed by atoms with Gasteiger partial charge in [0.2, 0.25) is 10.0 Å². The van der Waals surface area contributed by atoms with Crippen molar-refractivity contribution in [3.8, 4) is 0 Å². The number of amides is 2. The molecule has 0 spiro atoms. The number of sulfonamides is 1. The molecule has 0 aliphatic carbocycles. The maximum absolute atomic E-state index is 13.2. The number of carbonyl (C=O) groups is 2. The van der Waals surface area contributed by atoms with E-state index < -0.39 is 10.0 Å². The second kappa shape index (κ2) is 10.2. The van der Waals surface area contributed by atoms with Gasteiger partial charge in [-0.15, -0.1) is 0 Å². The van der Waals surface area contributed by atoms with Crippen LogP contribution in [0.4, 0.5) is 0 Å². The average Bonchev–Trinajstić information content (AvgIpc) is 2.80. The van der Waals surface area contributed by atoms with Gasteiger partial charge in [0, 0.05) is 50.2 Å². The molecule has 1 aromatic carbocycles. The van der Waals surface area contributed by atoms with Crippen molar-refractivity contribution in [3.05, 3.63) is 59.4 Å². The summed E-state index contributed by atoms with van der Waals surface area (Å²) in [6.07, 6.45) is 4.41. The molecule has 9 heteroatoms. The quantitative estimate of drug-likeness (QED) is 0.687. The van der Waals surface area contributed by atoms with E-state index in [-0.39, 0.29) is 22.8 Å². The van der Waals surface area contributed by atoms with Crippen LogP contribution in [0.2, 0.25) is 0 Å². The standard InChI is InChI=1S/C23H30N4O4S/c1-4-27(5-2)32(30,31)20-9-8-17(3)21(15-20)23(29)26-13-10-19(11-14-26)25-22(28)18-7-6-12-24-16-18/h6-9,12,15-16,19H,4-5,10-11,13-14H2,1-3H3,(H,25,28). The Morgan fingerprint density at radius 2 is 1.84 bits per heavy atom. The highest BCUT2D eigenvalue weighted by atomic mass is 32.2. The highest BCUT2D eigenvalue weighted by Gasteiger charge is 2.28. The SMILES string of the molecule is CCN(CC)S(=O)(=O)c1ccc(C)c(C(=O)N2CCC(NC(=O)c3cccnc3)CC2)c1. The summed E-state index contributed by atoms with van der Waals surface area (Å²) in [5, 5.41) is 3.00. The van der Waals surface area contributed by atoms with Crippen LogP contribution < -0.4 is 5.32 Å². The number of likely N-dealkylation sites (tertiary alicyclic amines) is 1. The number of aryl methyl sites for hydroxylation is 1. The van der Waals surface area contributed by atoms with Gasteiger partial charge < -0.3 is 10.2 Å². The predicted octanol–water partition coefficient (Wildman–Crippen LogP) is 2.46. The smallest absolute Gasteiger partial charge is 0.254 e. The van der Waals surface area contributed by atoms with E-state index in [2.05, 4.69) is 10.3 Å². The number of rotatable bonds is 7. The van der Waals surface area contributed by atoms with Crippen molar-refractivity contribution in [2.45, 2.75) is 44.6 Å². The summed E-state index contributed by atoms with van der Waals surface area (Å²) in [5.74, 6) is -0.357. The van der Waals surface area contributed by atoms with E-state index in [1.807, 2.05) is 6.92 Å². The first kappa shape index (κ1) is 23.9. The summed E-state index contributed by atoms with van der Waals surface area (Å²) in [5.41, 5.74) is 1.64. The number of carbonyl (C=O) groups excluding carboxylic acids is 2. The Balaban J connectivity index is 1.68. The minimum absolute atomic E-state index is 0.0257. The molecule has 1 fully saturated rings. The third-order valence-corrected chi connectivity index (χ3v) is 7.87. The van der Waals surface area contributed by atoms with Gasteiger partial charge in [0.15, 0.2) is 0 Å². The Morgan fingerprint density at radius 3 is 2.44 bits per heavy atom. The maximum atomic E-state index is 13.2. The summed E-state index contributed by atoms with van der Waals surface area (Å²) in [6.45, 7) is 7.11. The van der Waals surface area contributed by atoms with Crippen LogP contribution in [-0.4, -0.2) is 66.6 Å². The normalized spacial score (nSPS) is 15.1. The molecule has 0 bridgehead atoms. The van der Waals surface area contributed by atoms with Crippen LogP contribution in [0.15, 0.2) is 47.6 Å². The monoisotopic (exact) mass is 458 g/mol. The van der Waals surface area contributed by atoms with Crippen LogP contribution in [0.25, 0.3) is 0 Å². The molecule has 0 atom stereocenters. The van der Waals surface area contributed by atoms with Crippen molar-refractivity contribution >= 4 is 21.8 Å². The molecular weight excluding hydrogens is 428 g/mol. The molecule has 1 aliphatic rings. The largest absolute Gasteiger partial charge is 0.349 e. The zero-order chi connectivity index (χ0) is 23.3. The van der Waals surface area contributed by atoms with E-state index in [9.17, 15) is 18.0 Å². The fraction of sp³-hybridized carbons (Fsp3) is 0.435. The van der Waals surface area contributed by atoms with E-state index in [0.717, 1.165) is 5.56 Å². The molecule has 172 valence electrons. The Labute approximate surface area is 189 Å². The molecule has 2 aromatic rings. The van der Waals surface area contributed by atoms with Gasteiger partial charge in [-0.3, -0.25) is 14.6 Å². The highest BCUT2D eigenvalue weighted by Crippen LogP contribution is 2.22. The lowest BCUT2D eigenvalue weighted by Crippen LogP contribution is -2.46. The van der Waals surface area contributed by atoms with Crippen molar-refractivity contribution in [2.24, 2.45) is 0 Å². The van der Waals surface area contributed by atoms with Gasteiger partial charge in [-0.2, -0.15) is 4.31 Å². The molecule has 0 saturated carbocycles. The van der Waals surface area contributed by atoms with Crippen molar-refractivity contribution in [2.75, 3.05) is 26.2 Å². The average molecular weight is 459 g/mol. The number of hydrogen-bond acceptors (Lipinski definition) is 5. The van der Waals surface area contributed by atoms with Gasteiger partial charge in [-0.1, -0.05) is 19.9 Å². The summed E-state index contributed by atoms with van der Waals surface area (Å²) < 4.78 is 27.1. The van der Waals surface area contributed by atoms with Crippen LogP contribution in [0, 0.1) is 6.92 Å². The number of benzene rings is 1. The number of hydrogen-bond donors (Lipinski definition) is 1. The maximum Gasteiger partial charge on any atom is 0.254 e. The molecule has 3 rings (SSSR count). The number of nitrogens with one attached hydrogen (secondary N) is 1. The van der Waals surface area contributed by atoms with Gasteiger partial charge in [0.25, 0.3) is 11.8 Å². The van der Waals surface area contributed by atoms with E-state index in [0.29, 0.717) is 50.1 Å². The van der Waals surface area contributed by atoms with E-state index in [4.69, 9.17) is 0 Å². The lowest BCUT2D eigenvalue weighted by atomic mass is 10.0. The number of pyridine rings is 1. The van der Waals surface area contributed by atoms with Crippen molar-refractivity contribution < 1.29 is 18.0 Å². The Hall–Kier alpha value is -2.78. The zero-order valence-corrected chi connectivity index (χ0v) is 19.6. The third kappa shape index (κ3) is 5.16. The lowest BCUT2D eigenvalue weighted by molar-refractivity contribution is 0.0697. The molecule has 32 heavy (non-hydrogen) atoms. The molecule has 1 aromatic heterocycles. The number of piperidine rings is 1. The lowest BCUT2D eigenvalue weighted by Gasteiger charge is -2.33. The summed E-state index contributed by atoms with van der Waals surface area (Å²) >= 11 is 0. The minimum Gasteiger partial charge on any atom is -0.349 e. The number of nitrogens with zero attached hydrogens (tertiary/aromatic N) is 3. The zero-order valence-electron chi connectivity index (χ0n) is 18.7. The van der Waals surface area contributed by atoms with Crippen molar-refractivity contribution in [1.82, 2.24) is 19.5 Å². The summed E-state index contributed by atoms with van der Waals surface area (Å²) in [4.78, 5) is 31.3. The van der Waals surface area contributed by atoms with Gasteiger partial charge in [0.1, 0.15) is 0 Å². The molecule has 1 N–H and O–H groups in total. The van der Waals surface area contributed by atoms with Crippen molar-refractivity contribution in [3.63, 3.8) is 0 Å². The van der Waals surface area contributed by atoms with Crippen LogP contribution in [-0.2, 0) is 10.0 Å². The highest BCUT2D eigenvalue weighted by molar-refractivity contribution is 7.89. The van der Waals surface area contributed by atoms with E-state index >= 15 is 0 Å². The molecular formula is C23H30N4O4S.